The van der Waals surface area contributed by atoms with Crippen molar-refractivity contribution in [3.63, 3.8) is 0 Å². The lowest BCUT2D eigenvalue weighted by Gasteiger charge is -2.24. The van der Waals surface area contributed by atoms with Crippen LogP contribution in [0.1, 0.15) is 17.0 Å². The third-order valence-corrected chi connectivity index (χ3v) is 4.84. The number of hydrogen-bond acceptors (Lipinski definition) is 2. The molecule has 4 unspecified atom stereocenters. The summed E-state index contributed by atoms with van der Waals surface area (Å²) in [4.78, 5) is 0. The van der Waals surface area contributed by atoms with Crippen LogP contribution in [0.15, 0.2) is 72.8 Å². The Kier molecular flexibility index (Phi) is 2.27. The van der Waals surface area contributed by atoms with E-state index in [1.54, 1.807) is 0 Å². The van der Waals surface area contributed by atoms with Crippen LogP contribution < -0.4 is 0 Å². The molecule has 4 atom stereocenters. The summed E-state index contributed by atoms with van der Waals surface area (Å²) in [6.45, 7) is 0. The molecule has 0 aromatic heterocycles. The Morgan fingerprint density at radius 3 is 2.10 bits per heavy atom. The monoisotopic (exact) mass is 276 g/mol. The van der Waals surface area contributed by atoms with Crippen LogP contribution in [0.4, 0.5) is 0 Å². The van der Waals surface area contributed by atoms with Gasteiger partial charge in [-0.2, -0.15) is 0 Å². The van der Waals surface area contributed by atoms with Crippen molar-refractivity contribution in [1.82, 2.24) is 0 Å². The van der Waals surface area contributed by atoms with Crippen molar-refractivity contribution in [2.75, 3.05) is 0 Å². The fourth-order valence-electron chi connectivity index (χ4n) is 3.76. The highest BCUT2D eigenvalue weighted by molar-refractivity contribution is 5.46. The summed E-state index contributed by atoms with van der Waals surface area (Å²) in [5.74, 6) is 0.228. The van der Waals surface area contributed by atoms with Gasteiger partial charge in [-0.15, -0.1) is 0 Å². The van der Waals surface area contributed by atoms with Crippen molar-refractivity contribution < 1.29 is 9.47 Å². The van der Waals surface area contributed by atoms with Crippen LogP contribution in [-0.4, -0.2) is 23.9 Å². The Morgan fingerprint density at radius 2 is 1.48 bits per heavy atom. The predicted octanol–water partition coefficient (Wildman–Crippen LogP) is 3.29. The molecule has 3 aliphatic rings. The molecule has 0 saturated carbocycles. The van der Waals surface area contributed by atoms with E-state index < -0.39 is 0 Å². The molecule has 5 rings (SSSR count). The zero-order chi connectivity index (χ0) is 13.9. The van der Waals surface area contributed by atoms with E-state index in [9.17, 15) is 0 Å². The van der Waals surface area contributed by atoms with Crippen molar-refractivity contribution >= 4 is 0 Å². The molecule has 2 nitrogen and oxygen atoms in total. The molecule has 0 amide bonds. The minimum atomic E-state index is -0.222. The first-order chi connectivity index (χ1) is 10.4. The van der Waals surface area contributed by atoms with E-state index in [0.717, 1.165) is 0 Å². The van der Waals surface area contributed by atoms with Crippen LogP contribution in [0.5, 0.6) is 0 Å². The van der Waals surface area contributed by atoms with Crippen molar-refractivity contribution in [1.29, 1.82) is 0 Å². The molecule has 2 aromatic rings. The lowest BCUT2D eigenvalue weighted by molar-refractivity contribution is 0.285. The smallest absolute Gasteiger partial charge is 0.127 e. The number of epoxide rings is 2. The van der Waals surface area contributed by atoms with Crippen molar-refractivity contribution in [3.8, 4) is 0 Å². The number of hydrogen-bond donors (Lipinski definition) is 0. The van der Waals surface area contributed by atoms with Gasteiger partial charge in [-0.3, -0.25) is 0 Å². The number of fused-ring (bicyclic) bond motifs is 3. The first-order valence-corrected chi connectivity index (χ1v) is 7.51. The molecule has 21 heavy (non-hydrogen) atoms. The second-order valence-corrected chi connectivity index (χ2v) is 6.07. The summed E-state index contributed by atoms with van der Waals surface area (Å²) in [5, 5.41) is 0. The predicted molar refractivity (Wildman–Crippen MR) is 80.1 cm³/mol. The van der Waals surface area contributed by atoms with E-state index in [1.807, 2.05) is 0 Å². The van der Waals surface area contributed by atoms with Crippen molar-refractivity contribution in [3.05, 3.63) is 83.9 Å². The maximum Gasteiger partial charge on any atom is 0.127 e. The molecule has 0 N–H and O–H groups in total. The quantitative estimate of drug-likeness (QED) is 0.635. The Morgan fingerprint density at radius 1 is 0.857 bits per heavy atom. The van der Waals surface area contributed by atoms with Gasteiger partial charge in [-0.25, -0.2) is 0 Å². The Labute approximate surface area is 124 Å². The van der Waals surface area contributed by atoms with E-state index in [0.29, 0.717) is 0 Å². The van der Waals surface area contributed by atoms with Gasteiger partial charge in [0.2, 0.25) is 0 Å². The van der Waals surface area contributed by atoms with Gasteiger partial charge < -0.3 is 9.47 Å². The molecule has 0 spiro atoms. The topological polar surface area (TPSA) is 25.1 Å². The van der Waals surface area contributed by atoms with Gasteiger partial charge in [-0.1, -0.05) is 72.8 Å². The average Bonchev–Trinajstić information content (AvgIpc) is 3.42. The SMILES string of the molecule is C1=CC2(C(c3ccccc3)c3ccccc3)OC2C2OC12. The molecule has 2 heteroatoms. The largest absolute Gasteiger partial charge is 0.362 e. The molecular weight excluding hydrogens is 260 g/mol. The molecule has 2 aliphatic heterocycles. The van der Waals surface area contributed by atoms with E-state index in [-0.39, 0.29) is 29.8 Å². The van der Waals surface area contributed by atoms with E-state index in [2.05, 4.69) is 72.8 Å². The van der Waals surface area contributed by atoms with Gasteiger partial charge in [0.05, 0.1) is 0 Å². The third-order valence-electron chi connectivity index (χ3n) is 4.84. The average molecular weight is 276 g/mol. The van der Waals surface area contributed by atoms with Crippen molar-refractivity contribution in [2.24, 2.45) is 0 Å². The maximum absolute atomic E-state index is 6.18. The minimum absolute atomic E-state index is 0.206. The summed E-state index contributed by atoms with van der Waals surface area (Å²) in [5.41, 5.74) is 2.38. The fraction of sp³-hybridized carbons (Fsp3) is 0.263. The Bertz CT molecular complexity index is 655. The number of rotatable bonds is 3. The molecule has 2 saturated heterocycles. The van der Waals surface area contributed by atoms with Gasteiger partial charge in [0, 0.05) is 5.92 Å². The fourth-order valence-corrected chi connectivity index (χ4v) is 3.76. The lowest BCUT2D eigenvalue weighted by atomic mass is 9.76. The van der Waals surface area contributed by atoms with E-state index in [4.69, 9.17) is 9.47 Å². The summed E-state index contributed by atoms with van der Waals surface area (Å²) in [7, 11) is 0. The number of ether oxygens (including phenoxy) is 2. The highest BCUT2D eigenvalue weighted by Crippen LogP contribution is 2.59. The minimum Gasteiger partial charge on any atom is -0.362 e. The van der Waals surface area contributed by atoms with Crippen LogP contribution in [0.25, 0.3) is 0 Å². The molecule has 1 aliphatic carbocycles. The Hall–Kier alpha value is -1.90. The molecule has 2 heterocycles. The zero-order valence-electron chi connectivity index (χ0n) is 11.6. The lowest BCUT2D eigenvalue weighted by Crippen LogP contribution is -2.29. The first kappa shape index (κ1) is 11.7. The van der Waals surface area contributed by atoms with Gasteiger partial charge >= 0.3 is 0 Å². The molecule has 2 aromatic carbocycles. The molecule has 0 bridgehead atoms. The molecular formula is C19H16O2. The van der Waals surface area contributed by atoms with E-state index >= 15 is 0 Å². The van der Waals surface area contributed by atoms with Gasteiger partial charge in [-0.05, 0) is 11.1 Å². The maximum atomic E-state index is 6.18. The van der Waals surface area contributed by atoms with Crippen LogP contribution in [0.2, 0.25) is 0 Å². The zero-order valence-corrected chi connectivity index (χ0v) is 11.6. The summed E-state index contributed by atoms with van der Waals surface area (Å²) in [6.07, 6.45) is 5.17. The molecule has 0 radical (unpaired) electrons. The normalized spacial score (nSPS) is 35.2. The van der Waals surface area contributed by atoms with Crippen LogP contribution in [0.3, 0.4) is 0 Å². The summed E-state index contributed by atoms with van der Waals surface area (Å²) in [6, 6.07) is 21.3. The Balaban J connectivity index is 1.64. The summed E-state index contributed by atoms with van der Waals surface area (Å²) >= 11 is 0. The highest BCUT2D eigenvalue weighted by Gasteiger charge is 2.71. The first-order valence-electron chi connectivity index (χ1n) is 7.51. The second-order valence-electron chi connectivity index (χ2n) is 6.07. The van der Waals surface area contributed by atoms with Crippen molar-refractivity contribution in [2.45, 2.75) is 29.8 Å². The van der Waals surface area contributed by atoms with Crippen LogP contribution in [0, 0.1) is 0 Å². The van der Waals surface area contributed by atoms with E-state index in [1.165, 1.54) is 11.1 Å². The van der Waals surface area contributed by atoms with Crippen LogP contribution >= 0.6 is 0 Å². The molecule has 2 fully saturated rings. The molecule has 104 valence electrons. The number of benzene rings is 2. The summed E-state index contributed by atoms with van der Waals surface area (Å²) < 4.78 is 11.8. The van der Waals surface area contributed by atoms with Gasteiger partial charge in [0.25, 0.3) is 0 Å². The van der Waals surface area contributed by atoms with Gasteiger partial charge in [0.15, 0.2) is 0 Å². The highest BCUT2D eigenvalue weighted by atomic mass is 16.7. The van der Waals surface area contributed by atoms with Crippen LogP contribution in [-0.2, 0) is 9.47 Å². The van der Waals surface area contributed by atoms with Gasteiger partial charge in [0.1, 0.15) is 23.9 Å². The standard InChI is InChI=1S/C19H16O2/c1-3-7-13(8-4-1)16(14-9-5-2-6-10-14)19-12-11-15-17(20-15)18(19)21-19/h1-12,15-18H. The second kappa shape index (κ2) is 4.06. The third kappa shape index (κ3) is 1.66.